The maximum absolute atomic E-state index is 11.1. The summed E-state index contributed by atoms with van der Waals surface area (Å²) in [6.45, 7) is 1.40. The van der Waals surface area contributed by atoms with E-state index in [1.807, 2.05) is 0 Å². The lowest BCUT2D eigenvalue weighted by Crippen LogP contribution is -2.35. The number of hydrogen-bond acceptors (Lipinski definition) is 3. The van der Waals surface area contributed by atoms with Gasteiger partial charge in [-0.15, -0.1) is 0 Å². The second-order valence-corrected chi connectivity index (χ2v) is 5.44. The Morgan fingerprint density at radius 3 is 2.61 bits per heavy atom. The minimum atomic E-state index is -0.882. The van der Waals surface area contributed by atoms with Gasteiger partial charge in [0.1, 0.15) is 5.76 Å². The van der Waals surface area contributed by atoms with Gasteiger partial charge in [0.15, 0.2) is 4.67 Å². The molecule has 0 aliphatic rings. The molecule has 0 aliphatic carbocycles. The van der Waals surface area contributed by atoms with Crippen molar-refractivity contribution in [3.63, 3.8) is 0 Å². The Hall–Kier alpha value is -0.820. The second kappa shape index (κ2) is 6.94. The first-order valence-corrected chi connectivity index (χ1v) is 6.89. The molecule has 1 aromatic heterocycles. The molecule has 1 unspecified atom stereocenters. The van der Waals surface area contributed by atoms with Crippen LogP contribution < -0.4 is 5.32 Å². The van der Waals surface area contributed by atoms with Gasteiger partial charge in [-0.25, -0.2) is 0 Å². The largest absolute Gasteiger partial charge is 0.481 e. The van der Waals surface area contributed by atoms with Gasteiger partial charge in [0.25, 0.3) is 0 Å². The molecule has 1 heterocycles. The average molecular weight is 383 g/mol. The molecule has 100 valence electrons. The van der Waals surface area contributed by atoms with Gasteiger partial charge in [-0.1, -0.05) is 0 Å². The van der Waals surface area contributed by atoms with Gasteiger partial charge in [-0.3, -0.25) is 9.59 Å². The summed E-state index contributed by atoms with van der Waals surface area (Å²) in [5.41, 5.74) is 0. The molecule has 2 N–H and O–H groups in total. The molecule has 1 amide bonds. The molecule has 0 aromatic carbocycles. The first-order valence-electron chi connectivity index (χ1n) is 5.31. The third-order valence-corrected chi connectivity index (χ3v) is 3.97. The van der Waals surface area contributed by atoms with Crippen LogP contribution in [0, 0.1) is 0 Å². The van der Waals surface area contributed by atoms with E-state index in [-0.39, 0.29) is 18.4 Å². The molecular formula is C11H13Br2NO4. The third-order valence-electron chi connectivity index (χ3n) is 2.26. The van der Waals surface area contributed by atoms with Crippen LogP contribution in [-0.4, -0.2) is 23.0 Å². The van der Waals surface area contributed by atoms with Crippen LogP contribution in [0.2, 0.25) is 0 Å². The van der Waals surface area contributed by atoms with Crippen LogP contribution in [0.1, 0.15) is 25.5 Å². The lowest BCUT2D eigenvalue weighted by molar-refractivity contribution is -0.137. The van der Waals surface area contributed by atoms with E-state index in [9.17, 15) is 9.59 Å². The number of carbonyl (C=O) groups is 2. The molecule has 0 fully saturated rings. The fourth-order valence-corrected chi connectivity index (χ4v) is 2.20. The SMILES string of the molecule is CC(=O)NC(CCC(=O)O)Cc1cc(Br)c(Br)o1. The first-order chi connectivity index (χ1) is 8.38. The molecule has 0 saturated heterocycles. The second-order valence-electron chi connectivity index (χ2n) is 3.87. The highest BCUT2D eigenvalue weighted by atomic mass is 79.9. The normalized spacial score (nSPS) is 12.2. The van der Waals surface area contributed by atoms with Crippen molar-refractivity contribution < 1.29 is 19.1 Å². The number of aliphatic carboxylic acids is 1. The molecule has 0 spiro atoms. The predicted octanol–water partition coefficient (Wildman–Crippen LogP) is 2.72. The number of rotatable bonds is 6. The van der Waals surface area contributed by atoms with Crippen LogP contribution in [0.3, 0.4) is 0 Å². The van der Waals surface area contributed by atoms with Crippen molar-refractivity contribution in [2.75, 3.05) is 0 Å². The van der Waals surface area contributed by atoms with Gasteiger partial charge < -0.3 is 14.8 Å². The molecule has 0 saturated carbocycles. The molecule has 1 rings (SSSR count). The highest BCUT2D eigenvalue weighted by Crippen LogP contribution is 2.27. The number of carboxylic acids is 1. The van der Waals surface area contributed by atoms with E-state index in [1.54, 1.807) is 6.07 Å². The monoisotopic (exact) mass is 381 g/mol. The Morgan fingerprint density at radius 1 is 1.50 bits per heavy atom. The Bertz CT molecular complexity index is 425. The van der Waals surface area contributed by atoms with Crippen molar-refractivity contribution in [2.24, 2.45) is 0 Å². The van der Waals surface area contributed by atoms with E-state index in [2.05, 4.69) is 37.2 Å². The van der Waals surface area contributed by atoms with Crippen molar-refractivity contribution in [3.05, 3.63) is 21.0 Å². The number of nitrogens with one attached hydrogen (secondary N) is 1. The number of hydrogen-bond donors (Lipinski definition) is 2. The van der Waals surface area contributed by atoms with Crippen LogP contribution in [0.4, 0.5) is 0 Å². The van der Waals surface area contributed by atoms with Gasteiger partial charge in [-0.05, 0) is 44.3 Å². The fraction of sp³-hybridized carbons (Fsp3) is 0.455. The van der Waals surface area contributed by atoms with Gasteiger partial charge in [0.2, 0.25) is 5.91 Å². The van der Waals surface area contributed by atoms with Crippen LogP contribution in [0.5, 0.6) is 0 Å². The predicted molar refractivity (Wildman–Crippen MR) is 72.3 cm³/mol. The smallest absolute Gasteiger partial charge is 0.303 e. The van der Waals surface area contributed by atoms with E-state index in [1.165, 1.54) is 6.92 Å². The van der Waals surface area contributed by atoms with Gasteiger partial charge in [0, 0.05) is 25.8 Å². The summed E-state index contributed by atoms with van der Waals surface area (Å²) >= 11 is 6.52. The topological polar surface area (TPSA) is 79.5 Å². The molecule has 7 heteroatoms. The van der Waals surface area contributed by atoms with Crippen molar-refractivity contribution >= 4 is 43.7 Å². The Kier molecular flexibility index (Phi) is 5.87. The minimum absolute atomic E-state index is 0.00793. The zero-order valence-corrected chi connectivity index (χ0v) is 12.9. The van der Waals surface area contributed by atoms with Crippen LogP contribution in [0.15, 0.2) is 19.6 Å². The zero-order valence-electron chi connectivity index (χ0n) is 9.70. The summed E-state index contributed by atoms with van der Waals surface area (Å²) in [5, 5.41) is 11.4. The number of amides is 1. The molecule has 0 bridgehead atoms. The van der Waals surface area contributed by atoms with Crippen LogP contribution in [0.25, 0.3) is 0 Å². The summed E-state index contributed by atoms with van der Waals surface area (Å²) < 4.78 is 6.77. The van der Waals surface area contributed by atoms with E-state index in [0.29, 0.717) is 23.3 Å². The Morgan fingerprint density at radius 2 is 2.17 bits per heavy atom. The summed E-state index contributed by atoms with van der Waals surface area (Å²) in [4.78, 5) is 21.6. The Balaban J connectivity index is 2.64. The standard InChI is InChI=1S/C11H13Br2NO4/c1-6(15)14-7(2-3-10(16)17)4-8-5-9(12)11(13)18-8/h5,7H,2-4H2,1H3,(H,14,15)(H,16,17). The van der Waals surface area contributed by atoms with E-state index in [4.69, 9.17) is 9.52 Å². The highest BCUT2D eigenvalue weighted by molar-refractivity contribution is 9.13. The first kappa shape index (κ1) is 15.2. The van der Waals surface area contributed by atoms with E-state index >= 15 is 0 Å². The van der Waals surface area contributed by atoms with Gasteiger partial charge >= 0.3 is 5.97 Å². The average Bonchev–Trinajstić information content (AvgIpc) is 2.54. The van der Waals surface area contributed by atoms with Crippen molar-refractivity contribution in [1.29, 1.82) is 0 Å². The fourth-order valence-electron chi connectivity index (χ4n) is 1.55. The molecule has 5 nitrogen and oxygen atoms in total. The van der Waals surface area contributed by atoms with Crippen molar-refractivity contribution in [2.45, 2.75) is 32.2 Å². The van der Waals surface area contributed by atoms with Crippen molar-refractivity contribution in [1.82, 2.24) is 5.32 Å². The summed E-state index contributed by atoms with van der Waals surface area (Å²) in [5.74, 6) is -0.389. The van der Waals surface area contributed by atoms with E-state index in [0.717, 1.165) is 4.47 Å². The molecule has 1 atom stereocenters. The van der Waals surface area contributed by atoms with Crippen LogP contribution >= 0.6 is 31.9 Å². The lowest BCUT2D eigenvalue weighted by Gasteiger charge is -2.15. The van der Waals surface area contributed by atoms with Crippen LogP contribution in [-0.2, 0) is 16.0 Å². The molecular weight excluding hydrogens is 370 g/mol. The summed E-state index contributed by atoms with van der Waals surface area (Å²) in [6.07, 6.45) is 0.829. The zero-order chi connectivity index (χ0) is 13.7. The molecule has 0 aliphatic heterocycles. The highest BCUT2D eigenvalue weighted by Gasteiger charge is 2.16. The minimum Gasteiger partial charge on any atom is -0.481 e. The molecule has 18 heavy (non-hydrogen) atoms. The number of carboxylic acid groups (broad SMARTS) is 1. The van der Waals surface area contributed by atoms with E-state index < -0.39 is 5.97 Å². The number of furan rings is 1. The van der Waals surface area contributed by atoms with Crippen molar-refractivity contribution in [3.8, 4) is 0 Å². The maximum Gasteiger partial charge on any atom is 0.303 e. The summed E-state index contributed by atoms with van der Waals surface area (Å²) in [6, 6.07) is 1.54. The quantitative estimate of drug-likeness (QED) is 0.792. The third kappa shape index (κ3) is 5.22. The van der Waals surface area contributed by atoms with Gasteiger partial charge in [-0.2, -0.15) is 0 Å². The number of carbonyl (C=O) groups excluding carboxylic acids is 1. The lowest BCUT2D eigenvalue weighted by atomic mass is 10.1. The molecule has 1 aromatic rings. The van der Waals surface area contributed by atoms with Gasteiger partial charge in [0.05, 0.1) is 4.47 Å². The summed E-state index contributed by atoms with van der Waals surface area (Å²) in [7, 11) is 0. The number of halogens is 2. The maximum atomic E-state index is 11.1. The molecule has 0 radical (unpaired) electrons. The Labute approximate surface area is 121 Å².